The Balaban J connectivity index is 1.66. The molecule has 0 saturated carbocycles. The predicted molar refractivity (Wildman–Crippen MR) is 119 cm³/mol. The molecular weight excluding hydrogens is 412 g/mol. The lowest BCUT2D eigenvalue weighted by Gasteiger charge is -2.08. The highest BCUT2D eigenvalue weighted by Gasteiger charge is 2.16. The number of benzene rings is 2. The lowest BCUT2D eigenvalue weighted by atomic mass is 10.1. The van der Waals surface area contributed by atoms with Crippen molar-refractivity contribution < 1.29 is 13.2 Å². The number of nitrogens with zero attached hydrogens (tertiary/aromatic N) is 2. The Morgan fingerprint density at radius 2 is 1.77 bits per heavy atom. The normalized spacial score (nSPS) is 11.1. The van der Waals surface area contributed by atoms with E-state index in [0.717, 1.165) is 22.5 Å². The van der Waals surface area contributed by atoms with Crippen LogP contribution in [0.5, 0.6) is 0 Å². The van der Waals surface area contributed by atoms with Gasteiger partial charge in [-0.3, -0.25) is 9.48 Å². The summed E-state index contributed by atoms with van der Waals surface area (Å²) in [6.45, 7) is 4.79. The molecular formula is C23H24N4O3S. The molecule has 0 aliphatic rings. The van der Waals surface area contributed by atoms with Crippen molar-refractivity contribution in [3.8, 4) is 12.3 Å². The van der Waals surface area contributed by atoms with E-state index in [1.165, 1.54) is 24.3 Å². The number of sulfonamides is 1. The van der Waals surface area contributed by atoms with Crippen LogP contribution in [-0.2, 0) is 23.1 Å². The second-order valence-corrected chi connectivity index (χ2v) is 8.80. The van der Waals surface area contributed by atoms with Crippen LogP contribution in [0.4, 0.5) is 0 Å². The van der Waals surface area contributed by atoms with Gasteiger partial charge in [0.2, 0.25) is 10.0 Å². The third-order valence-electron chi connectivity index (χ3n) is 4.92. The Morgan fingerprint density at radius 3 is 2.42 bits per heavy atom. The van der Waals surface area contributed by atoms with Crippen molar-refractivity contribution >= 4 is 15.9 Å². The number of amides is 1. The lowest BCUT2D eigenvalue weighted by molar-refractivity contribution is 0.0950. The Bertz CT molecular complexity index is 1210. The van der Waals surface area contributed by atoms with Crippen molar-refractivity contribution in [1.82, 2.24) is 19.8 Å². The van der Waals surface area contributed by atoms with E-state index in [0.29, 0.717) is 18.7 Å². The first-order valence-electron chi connectivity index (χ1n) is 9.70. The summed E-state index contributed by atoms with van der Waals surface area (Å²) in [7, 11) is -3.69. The number of aryl methyl sites for hydroxylation is 1. The quantitative estimate of drug-likeness (QED) is 0.530. The predicted octanol–water partition coefficient (Wildman–Crippen LogP) is 2.39. The SMILES string of the molecule is C#CCNS(=O)(=O)c1ccc(C(=O)NCc2c(C)nn(Cc3ccccc3)c2C)cc1. The van der Waals surface area contributed by atoms with Crippen molar-refractivity contribution in [2.45, 2.75) is 31.8 Å². The van der Waals surface area contributed by atoms with Crippen molar-refractivity contribution in [1.29, 1.82) is 0 Å². The molecule has 0 spiro atoms. The van der Waals surface area contributed by atoms with Crippen molar-refractivity contribution in [3.63, 3.8) is 0 Å². The topological polar surface area (TPSA) is 93.1 Å². The highest BCUT2D eigenvalue weighted by Crippen LogP contribution is 2.15. The molecule has 0 radical (unpaired) electrons. The van der Waals surface area contributed by atoms with Crippen LogP contribution >= 0.6 is 0 Å². The summed E-state index contributed by atoms with van der Waals surface area (Å²) in [6, 6.07) is 15.7. The fourth-order valence-electron chi connectivity index (χ4n) is 3.18. The molecule has 1 heterocycles. The van der Waals surface area contributed by atoms with Crippen LogP contribution in [0.1, 0.15) is 32.9 Å². The van der Waals surface area contributed by atoms with Gasteiger partial charge in [0.25, 0.3) is 5.91 Å². The van der Waals surface area contributed by atoms with E-state index in [-0.39, 0.29) is 17.3 Å². The van der Waals surface area contributed by atoms with Crippen LogP contribution in [-0.4, -0.2) is 30.7 Å². The zero-order valence-corrected chi connectivity index (χ0v) is 18.2. The van der Waals surface area contributed by atoms with Crippen molar-refractivity contribution in [2.24, 2.45) is 0 Å². The largest absolute Gasteiger partial charge is 0.348 e. The van der Waals surface area contributed by atoms with Crippen molar-refractivity contribution in [3.05, 3.63) is 82.7 Å². The molecule has 2 N–H and O–H groups in total. The molecule has 1 amide bonds. The van der Waals surface area contributed by atoms with Crippen molar-refractivity contribution in [2.75, 3.05) is 6.54 Å². The molecule has 0 unspecified atom stereocenters. The van der Waals surface area contributed by atoms with Gasteiger partial charge in [-0.15, -0.1) is 6.42 Å². The van der Waals surface area contributed by atoms with Crippen LogP contribution < -0.4 is 10.0 Å². The summed E-state index contributed by atoms with van der Waals surface area (Å²) in [5, 5.41) is 7.48. The highest BCUT2D eigenvalue weighted by molar-refractivity contribution is 7.89. The zero-order valence-electron chi connectivity index (χ0n) is 17.4. The molecule has 0 bridgehead atoms. The number of carbonyl (C=O) groups is 1. The second kappa shape index (κ2) is 9.60. The average molecular weight is 437 g/mol. The first-order chi connectivity index (χ1) is 14.8. The van der Waals surface area contributed by atoms with Gasteiger partial charge in [-0.2, -0.15) is 9.82 Å². The summed E-state index contributed by atoms with van der Waals surface area (Å²) in [5.41, 5.74) is 4.32. The van der Waals surface area contributed by atoms with Gasteiger partial charge in [-0.05, 0) is 43.7 Å². The molecule has 160 valence electrons. The molecule has 7 nitrogen and oxygen atoms in total. The molecule has 0 fully saturated rings. The van der Waals surface area contributed by atoms with Crippen LogP contribution in [0.25, 0.3) is 0 Å². The number of rotatable bonds is 8. The maximum absolute atomic E-state index is 12.5. The summed E-state index contributed by atoms with van der Waals surface area (Å²) in [6.07, 6.45) is 5.08. The Hall–Kier alpha value is -3.41. The minimum Gasteiger partial charge on any atom is -0.348 e. The summed E-state index contributed by atoms with van der Waals surface area (Å²) in [4.78, 5) is 12.6. The Morgan fingerprint density at radius 1 is 1.10 bits per heavy atom. The molecule has 31 heavy (non-hydrogen) atoms. The van der Waals surface area contributed by atoms with Crippen LogP contribution in [0.3, 0.4) is 0 Å². The van der Waals surface area contributed by atoms with E-state index in [2.05, 4.69) is 21.1 Å². The van der Waals surface area contributed by atoms with E-state index in [9.17, 15) is 13.2 Å². The Labute approximate surface area is 182 Å². The van der Waals surface area contributed by atoms with Crippen LogP contribution in [0.15, 0.2) is 59.5 Å². The molecule has 0 saturated heterocycles. The smallest absolute Gasteiger partial charge is 0.251 e. The van der Waals surface area contributed by atoms with Gasteiger partial charge >= 0.3 is 0 Å². The average Bonchev–Trinajstić information content (AvgIpc) is 3.03. The molecule has 2 aromatic carbocycles. The van der Waals surface area contributed by atoms with Gasteiger partial charge in [-0.1, -0.05) is 36.3 Å². The molecule has 3 rings (SSSR count). The van der Waals surface area contributed by atoms with E-state index in [1.807, 2.05) is 48.9 Å². The van der Waals surface area contributed by atoms with Crippen LogP contribution in [0.2, 0.25) is 0 Å². The van der Waals surface area contributed by atoms with Crippen LogP contribution in [0, 0.1) is 26.2 Å². The summed E-state index contributed by atoms with van der Waals surface area (Å²) in [5.74, 6) is 1.92. The van der Waals surface area contributed by atoms with Gasteiger partial charge < -0.3 is 5.32 Å². The minimum atomic E-state index is -3.69. The summed E-state index contributed by atoms with van der Waals surface area (Å²) < 4.78 is 28.4. The molecule has 1 aromatic heterocycles. The number of hydrogen-bond acceptors (Lipinski definition) is 4. The number of hydrogen-bond donors (Lipinski definition) is 2. The highest BCUT2D eigenvalue weighted by atomic mass is 32.2. The van der Waals surface area contributed by atoms with Gasteiger partial charge in [-0.25, -0.2) is 8.42 Å². The number of nitrogens with one attached hydrogen (secondary N) is 2. The second-order valence-electron chi connectivity index (χ2n) is 7.03. The maximum Gasteiger partial charge on any atom is 0.251 e. The first kappa shape index (κ1) is 22.3. The van der Waals surface area contributed by atoms with E-state index in [4.69, 9.17) is 6.42 Å². The monoisotopic (exact) mass is 436 g/mol. The lowest BCUT2D eigenvalue weighted by Crippen LogP contribution is -2.25. The standard InChI is InChI=1S/C23H24N4O3S/c1-4-14-25-31(29,30)21-12-10-20(11-13-21)23(28)24-15-22-17(2)26-27(18(22)3)16-19-8-6-5-7-9-19/h1,5-13,25H,14-16H2,2-3H3,(H,24,28). The molecule has 0 aliphatic heterocycles. The molecule has 0 atom stereocenters. The third kappa shape index (κ3) is 5.40. The van der Waals surface area contributed by atoms with Gasteiger partial charge in [0, 0.05) is 23.4 Å². The number of carbonyl (C=O) groups excluding carboxylic acids is 1. The maximum atomic E-state index is 12.5. The minimum absolute atomic E-state index is 0.0492. The first-order valence-corrected chi connectivity index (χ1v) is 11.2. The van der Waals surface area contributed by atoms with Gasteiger partial charge in [0.1, 0.15) is 0 Å². The molecule has 8 heteroatoms. The zero-order chi connectivity index (χ0) is 22.4. The number of terminal acetylenes is 1. The molecule has 3 aromatic rings. The third-order valence-corrected chi connectivity index (χ3v) is 6.34. The van der Waals surface area contributed by atoms with Gasteiger partial charge in [0.15, 0.2) is 0 Å². The fraction of sp³-hybridized carbons (Fsp3) is 0.217. The molecule has 0 aliphatic carbocycles. The number of aromatic nitrogens is 2. The van der Waals surface area contributed by atoms with Gasteiger partial charge in [0.05, 0.1) is 23.7 Å². The Kier molecular flexibility index (Phi) is 6.90. The summed E-state index contributed by atoms with van der Waals surface area (Å²) >= 11 is 0. The van der Waals surface area contributed by atoms with E-state index < -0.39 is 10.0 Å². The van der Waals surface area contributed by atoms with E-state index >= 15 is 0 Å². The fourth-order valence-corrected chi connectivity index (χ4v) is 4.11. The van der Waals surface area contributed by atoms with E-state index in [1.54, 1.807) is 0 Å².